The minimum atomic E-state index is -0.230. The number of fused-ring (bicyclic) bond motifs is 1. The first-order valence-corrected chi connectivity index (χ1v) is 12.0. The summed E-state index contributed by atoms with van der Waals surface area (Å²) in [6, 6.07) is 14.9. The number of benzene rings is 2. The van der Waals surface area contributed by atoms with Crippen molar-refractivity contribution < 1.29 is 14.3 Å². The Hall–Kier alpha value is -3.39. The number of rotatable bonds is 10. The fourth-order valence-electron chi connectivity index (χ4n) is 3.47. The van der Waals surface area contributed by atoms with Crippen molar-refractivity contribution in [2.24, 2.45) is 0 Å². The zero-order chi connectivity index (χ0) is 23.2. The summed E-state index contributed by atoms with van der Waals surface area (Å²) in [6.45, 7) is 7.20. The van der Waals surface area contributed by atoms with Gasteiger partial charge in [-0.2, -0.15) is 9.78 Å². The molecule has 0 saturated heterocycles. The van der Waals surface area contributed by atoms with E-state index in [1.54, 1.807) is 16.8 Å². The monoisotopic (exact) mass is 464 g/mol. The lowest BCUT2D eigenvalue weighted by molar-refractivity contribution is 0.102. The molecule has 0 aliphatic carbocycles. The van der Waals surface area contributed by atoms with Crippen LogP contribution >= 0.6 is 11.3 Å². The number of carbonyl (C=O) groups excluding carboxylic acids is 1. The largest absolute Gasteiger partial charge is 0.494 e. The van der Waals surface area contributed by atoms with Crippen LogP contribution in [0, 0.1) is 6.92 Å². The third-order valence-electron chi connectivity index (χ3n) is 5.04. The third kappa shape index (κ3) is 5.34. The number of thiazole rings is 1. The molecule has 2 heterocycles. The average Bonchev–Trinajstić information content (AvgIpc) is 3.41. The maximum Gasteiger partial charge on any atom is 0.256 e. The number of hydrogen-bond acceptors (Lipinski definition) is 6. The van der Waals surface area contributed by atoms with Gasteiger partial charge in [-0.25, -0.2) is 4.98 Å². The van der Waals surface area contributed by atoms with Crippen molar-refractivity contribution in [3.63, 3.8) is 0 Å². The van der Waals surface area contributed by atoms with Crippen molar-refractivity contribution in [3.05, 3.63) is 59.8 Å². The van der Waals surface area contributed by atoms with Gasteiger partial charge in [0.2, 0.25) is 5.13 Å². The minimum absolute atomic E-state index is 0.230. The quantitative estimate of drug-likeness (QED) is 0.291. The van der Waals surface area contributed by atoms with Gasteiger partial charge in [0.15, 0.2) is 0 Å². The Morgan fingerprint density at radius 3 is 2.76 bits per heavy atom. The van der Waals surface area contributed by atoms with Crippen LogP contribution in [0.15, 0.2) is 48.5 Å². The van der Waals surface area contributed by atoms with E-state index >= 15 is 0 Å². The molecule has 1 N–H and O–H groups in total. The van der Waals surface area contributed by atoms with Crippen molar-refractivity contribution >= 4 is 33.3 Å². The predicted octanol–water partition coefficient (Wildman–Crippen LogP) is 6.01. The van der Waals surface area contributed by atoms with E-state index in [4.69, 9.17) is 14.5 Å². The second-order valence-corrected chi connectivity index (χ2v) is 8.66. The second-order valence-electron chi connectivity index (χ2n) is 7.65. The van der Waals surface area contributed by atoms with Crippen molar-refractivity contribution in [2.45, 2.75) is 40.0 Å². The van der Waals surface area contributed by atoms with Crippen LogP contribution in [-0.4, -0.2) is 33.9 Å². The van der Waals surface area contributed by atoms with Gasteiger partial charge in [-0.3, -0.25) is 4.79 Å². The highest BCUT2D eigenvalue weighted by atomic mass is 32.1. The van der Waals surface area contributed by atoms with Gasteiger partial charge in [0.1, 0.15) is 22.8 Å². The Morgan fingerprint density at radius 2 is 1.94 bits per heavy atom. The Morgan fingerprint density at radius 1 is 1.09 bits per heavy atom. The molecule has 33 heavy (non-hydrogen) atoms. The Kier molecular flexibility index (Phi) is 7.24. The van der Waals surface area contributed by atoms with Crippen LogP contribution < -0.4 is 14.8 Å². The van der Waals surface area contributed by atoms with Gasteiger partial charge >= 0.3 is 0 Å². The topological polar surface area (TPSA) is 78.3 Å². The number of hydrogen-bond donors (Lipinski definition) is 1. The summed E-state index contributed by atoms with van der Waals surface area (Å²) in [4.78, 5) is 17.7. The molecule has 1 amide bonds. The summed E-state index contributed by atoms with van der Waals surface area (Å²) in [5.41, 5.74) is 2.09. The summed E-state index contributed by atoms with van der Waals surface area (Å²) in [6.07, 6.45) is 3.26. The molecule has 0 fully saturated rings. The van der Waals surface area contributed by atoms with Crippen LogP contribution in [0.5, 0.6) is 11.5 Å². The fraction of sp³-hybridized carbons (Fsp3) is 0.320. The molecule has 0 atom stereocenters. The number of nitrogens with zero attached hydrogens (tertiary/aromatic N) is 3. The molecule has 0 radical (unpaired) electrons. The van der Waals surface area contributed by atoms with Gasteiger partial charge in [0.05, 0.1) is 23.6 Å². The number of aryl methyl sites for hydroxylation is 1. The maximum atomic E-state index is 13.0. The molecular formula is C25H28N4O3S. The highest BCUT2D eigenvalue weighted by Gasteiger charge is 2.17. The van der Waals surface area contributed by atoms with E-state index in [-0.39, 0.29) is 5.91 Å². The molecule has 0 aliphatic rings. The Balaban J connectivity index is 1.56. The van der Waals surface area contributed by atoms with Crippen LogP contribution in [0.25, 0.3) is 15.3 Å². The molecule has 8 heteroatoms. The van der Waals surface area contributed by atoms with E-state index in [0.717, 1.165) is 40.9 Å². The molecule has 172 valence electrons. The lowest BCUT2D eigenvalue weighted by Gasteiger charge is -2.09. The normalized spacial score (nSPS) is 11.0. The molecule has 0 aliphatic heterocycles. The molecule has 7 nitrogen and oxygen atoms in total. The number of ether oxygens (including phenoxy) is 2. The zero-order valence-corrected chi connectivity index (χ0v) is 19.9. The van der Waals surface area contributed by atoms with Gasteiger partial charge < -0.3 is 14.8 Å². The zero-order valence-electron chi connectivity index (χ0n) is 19.1. The van der Waals surface area contributed by atoms with Crippen molar-refractivity contribution in [3.8, 4) is 16.6 Å². The summed E-state index contributed by atoms with van der Waals surface area (Å²) < 4.78 is 14.2. The van der Waals surface area contributed by atoms with Crippen LogP contribution in [0.4, 0.5) is 5.82 Å². The molecule has 0 saturated carbocycles. The molecule has 0 unspecified atom stereocenters. The van der Waals surface area contributed by atoms with Crippen molar-refractivity contribution in [1.29, 1.82) is 0 Å². The van der Waals surface area contributed by atoms with Crippen molar-refractivity contribution in [1.82, 2.24) is 14.8 Å². The molecule has 4 rings (SSSR count). The summed E-state index contributed by atoms with van der Waals surface area (Å²) >= 11 is 1.49. The standard InChI is InChI=1S/C25H28N4O3S/c1-4-6-7-14-32-19-11-8-10-18(16-19)24(30)26-22-15-17(3)28-29(22)25-27-23-20(31-5-2)12-9-13-21(23)33-25/h8-13,15-16H,4-7,14H2,1-3H3,(H,26,30). The van der Waals surface area contributed by atoms with Crippen LogP contribution in [0.3, 0.4) is 0 Å². The van der Waals surface area contributed by atoms with Gasteiger partial charge in [-0.05, 0) is 50.6 Å². The van der Waals surface area contributed by atoms with E-state index in [1.165, 1.54) is 11.3 Å². The first-order chi connectivity index (χ1) is 16.1. The Bertz CT molecular complexity index is 1250. The van der Waals surface area contributed by atoms with Crippen molar-refractivity contribution in [2.75, 3.05) is 18.5 Å². The summed E-state index contributed by atoms with van der Waals surface area (Å²) in [5, 5.41) is 8.19. The first-order valence-electron chi connectivity index (χ1n) is 11.2. The van der Waals surface area contributed by atoms with E-state index < -0.39 is 0 Å². The van der Waals surface area contributed by atoms with E-state index in [2.05, 4.69) is 17.3 Å². The number of carbonyl (C=O) groups is 1. The average molecular weight is 465 g/mol. The first kappa shape index (κ1) is 22.8. The van der Waals surface area contributed by atoms with Gasteiger partial charge in [-0.1, -0.05) is 43.2 Å². The molecule has 0 bridgehead atoms. The second kappa shape index (κ2) is 10.5. The number of amides is 1. The number of aromatic nitrogens is 3. The molecule has 2 aromatic heterocycles. The number of unbranched alkanes of at least 4 members (excludes halogenated alkanes) is 2. The third-order valence-corrected chi connectivity index (χ3v) is 6.03. The lowest BCUT2D eigenvalue weighted by atomic mass is 10.2. The number of nitrogens with one attached hydrogen (secondary N) is 1. The minimum Gasteiger partial charge on any atom is -0.494 e. The molecule has 0 spiro atoms. The van der Waals surface area contributed by atoms with E-state index in [9.17, 15) is 4.79 Å². The lowest BCUT2D eigenvalue weighted by Crippen LogP contribution is -2.15. The SMILES string of the molecule is CCCCCOc1cccc(C(=O)Nc2cc(C)nn2-c2nc3c(OCC)cccc3s2)c1. The van der Waals surface area contributed by atoms with E-state index in [1.807, 2.05) is 50.2 Å². The smallest absolute Gasteiger partial charge is 0.256 e. The summed E-state index contributed by atoms with van der Waals surface area (Å²) in [7, 11) is 0. The maximum absolute atomic E-state index is 13.0. The van der Waals surface area contributed by atoms with Gasteiger partial charge in [-0.15, -0.1) is 0 Å². The van der Waals surface area contributed by atoms with Crippen LogP contribution in [0.2, 0.25) is 0 Å². The number of anilines is 1. The van der Waals surface area contributed by atoms with Crippen LogP contribution in [-0.2, 0) is 0 Å². The number of para-hydroxylation sites is 1. The molecule has 4 aromatic rings. The predicted molar refractivity (Wildman–Crippen MR) is 132 cm³/mol. The van der Waals surface area contributed by atoms with Crippen LogP contribution in [0.1, 0.15) is 49.2 Å². The van der Waals surface area contributed by atoms with Gasteiger partial charge in [0.25, 0.3) is 5.91 Å². The van der Waals surface area contributed by atoms with E-state index in [0.29, 0.717) is 35.5 Å². The van der Waals surface area contributed by atoms with Gasteiger partial charge in [0, 0.05) is 11.6 Å². The Labute approximate surface area is 197 Å². The summed E-state index contributed by atoms with van der Waals surface area (Å²) in [5.74, 6) is 1.76. The molecular weight excluding hydrogens is 436 g/mol. The fourth-order valence-corrected chi connectivity index (χ4v) is 4.41. The molecule has 2 aromatic carbocycles. The highest BCUT2D eigenvalue weighted by molar-refractivity contribution is 7.20. The highest BCUT2D eigenvalue weighted by Crippen LogP contribution is 2.32.